The first-order valence-electron chi connectivity index (χ1n) is 7.14. The topological polar surface area (TPSA) is 44.8 Å². The summed E-state index contributed by atoms with van der Waals surface area (Å²) >= 11 is 6.04. The monoisotopic (exact) mass is 368 g/mol. The van der Waals surface area contributed by atoms with Crippen LogP contribution in [0.15, 0.2) is 42.5 Å². The van der Waals surface area contributed by atoms with Gasteiger partial charge in [0.25, 0.3) is 0 Å². The van der Waals surface area contributed by atoms with Crippen molar-refractivity contribution >= 4 is 23.5 Å². The van der Waals surface area contributed by atoms with E-state index >= 15 is 0 Å². The standard InChI is InChI=1S/C18H15ClF2O4/c1-23-16-10-17(24-2)13(19)9-12(16)14(22)8-7-11-5-3-4-6-15(11)25-18(20)21/h3-10,18H,1-2H3/b8-7+. The van der Waals surface area contributed by atoms with E-state index in [1.54, 1.807) is 18.2 Å². The van der Waals surface area contributed by atoms with E-state index in [4.69, 9.17) is 21.1 Å². The molecule has 2 aromatic carbocycles. The molecule has 0 aliphatic carbocycles. The van der Waals surface area contributed by atoms with E-state index in [-0.39, 0.29) is 22.1 Å². The highest BCUT2D eigenvalue weighted by Crippen LogP contribution is 2.33. The zero-order valence-electron chi connectivity index (χ0n) is 13.5. The SMILES string of the molecule is COc1cc(OC)c(C(=O)/C=C/c2ccccc2OC(F)F)cc1Cl. The molecule has 0 bridgehead atoms. The Hall–Kier alpha value is -2.60. The van der Waals surface area contributed by atoms with Gasteiger partial charge < -0.3 is 14.2 Å². The summed E-state index contributed by atoms with van der Waals surface area (Å²) < 4.78 is 39.5. The fraction of sp³-hybridized carbons (Fsp3) is 0.167. The molecule has 0 spiro atoms. The number of alkyl halides is 2. The number of halogens is 3. The van der Waals surface area contributed by atoms with Crippen molar-refractivity contribution in [1.29, 1.82) is 0 Å². The highest BCUT2D eigenvalue weighted by atomic mass is 35.5. The van der Waals surface area contributed by atoms with Gasteiger partial charge in [0.15, 0.2) is 5.78 Å². The van der Waals surface area contributed by atoms with Crippen LogP contribution in [0.2, 0.25) is 5.02 Å². The Morgan fingerprint density at radius 2 is 1.76 bits per heavy atom. The summed E-state index contributed by atoms with van der Waals surface area (Å²) in [7, 11) is 2.86. The smallest absolute Gasteiger partial charge is 0.387 e. The van der Waals surface area contributed by atoms with E-state index in [1.807, 2.05) is 0 Å². The van der Waals surface area contributed by atoms with Crippen LogP contribution in [-0.2, 0) is 0 Å². The summed E-state index contributed by atoms with van der Waals surface area (Å²) in [6.45, 7) is -2.95. The van der Waals surface area contributed by atoms with Crippen molar-refractivity contribution in [3.63, 3.8) is 0 Å². The largest absolute Gasteiger partial charge is 0.496 e. The fourth-order valence-electron chi connectivity index (χ4n) is 2.13. The Bertz CT molecular complexity index is 791. The van der Waals surface area contributed by atoms with Crippen LogP contribution < -0.4 is 14.2 Å². The van der Waals surface area contributed by atoms with Gasteiger partial charge in [0.05, 0.1) is 24.8 Å². The molecule has 4 nitrogen and oxygen atoms in total. The van der Waals surface area contributed by atoms with E-state index in [2.05, 4.69) is 4.74 Å². The van der Waals surface area contributed by atoms with Crippen molar-refractivity contribution in [1.82, 2.24) is 0 Å². The molecular weight excluding hydrogens is 354 g/mol. The van der Waals surface area contributed by atoms with Crippen molar-refractivity contribution < 1.29 is 27.8 Å². The molecule has 0 atom stereocenters. The van der Waals surface area contributed by atoms with Gasteiger partial charge in [0, 0.05) is 11.6 Å². The maximum Gasteiger partial charge on any atom is 0.387 e. The van der Waals surface area contributed by atoms with E-state index in [0.717, 1.165) is 0 Å². The second-order valence-corrected chi connectivity index (χ2v) is 5.21. The lowest BCUT2D eigenvalue weighted by Gasteiger charge is -2.10. The fourth-order valence-corrected chi connectivity index (χ4v) is 2.37. The molecule has 0 amide bonds. The first kappa shape index (κ1) is 18.7. The molecule has 7 heteroatoms. The van der Waals surface area contributed by atoms with Crippen LogP contribution >= 0.6 is 11.6 Å². The van der Waals surface area contributed by atoms with Crippen molar-refractivity contribution in [3.05, 3.63) is 58.6 Å². The number of hydrogen-bond donors (Lipinski definition) is 0. The molecule has 2 rings (SSSR count). The normalized spacial score (nSPS) is 11.0. The summed E-state index contributed by atoms with van der Waals surface area (Å²) in [6, 6.07) is 9.07. The quantitative estimate of drug-likeness (QED) is 0.517. The number of rotatable bonds is 7. The van der Waals surface area contributed by atoms with Gasteiger partial charge in [-0.1, -0.05) is 29.8 Å². The predicted molar refractivity (Wildman–Crippen MR) is 91.0 cm³/mol. The van der Waals surface area contributed by atoms with Gasteiger partial charge >= 0.3 is 6.61 Å². The number of carbonyl (C=O) groups excluding carboxylic acids is 1. The minimum absolute atomic E-state index is 0.0266. The maximum atomic E-state index is 12.4. The predicted octanol–water partition coefficient (Wildman–Crippen LogP) is 4.85. The lowest BCUT2D eigenvalue weighted by Crippen LogP contribution is -2.03. The van der Waals surface area contributed by atoms with Gasteiger partial charge in [-0.2, -0.15) is 8.78 Å². The summed E-state index contributed by atoms with van der Waals surface area (Å²) in [5, 5.41) is 0.251. The van der Waals surface area contributed by atoms with Gasteiger partial charge in [0.2, 0.25) is 0 Å². The summed E-state index contributed by atoms with van der Waals surface area (Å²) in [4.78, 5) is 12.4. The lowest BCUT2D eigenvalue weighted by atomic mass is 10.1. The second kappa shape index (κ2) is 8.48. The number of hydrogen-bond acceptors (Lipinski definition) is 4. The molecule has 0 aliphatic heterocycles. The minimum Gasteiger partial charge on any atom is -0.496 e. The van der Waals surface area contributed by atoms with Crippen LogP contribution in [0.5, 0.6) is 17.2 Å². The summed E-state index contributed by atoms with van der Waals surface area (Å²) in [5.74, 6) is 0.220. The molecule has 132 valence electrons. The Balaban J connectivity index is 2.31. The van der Waals surface area contributed by atoms with E-state index < -0.39 is 12.4 Å². The summed E-state index contributed by atoms with van der Waals surface area (Å²) in [6.07, 6.45) is 2.62. The Kier molecular flexibility index (Phi) is 6.36. The third-order valence-electron chi connectivity index (χ3n) is 3.29. The van der Waals surface area contributed by atoms with Crippen LogP contribution in [0.3, 0.4) is 0 Å². The number of methoxy groups -OCH3 is 2. The van der Waals surface area contributed by atoms with Gasteiger partial charge in [-0.25, -0.2) is 0 Å². The van der Waals surface area contributed by atoms with Crippen LogP contribution in [0.1, 0.15) is 15.9 Å². The molecule has 0 aliphatic rings. The summed E-state index contributed by atoms with van der Waals surface area (Å²) in [5.41, 5.74) is 0.562. The Labute approximate surface area is 148 Å². The van der Waals surface area contributed by atoms with Crippen molar-refractivity contribution in [3.8, 4) is 17.2 Å². The maximum absolute atomic E-state index is 12.4. The molecule has 0 N–H and O–H groups in total. The van der Waals surface area contributed by atoms with Crippen LogP contribution in [0.4, 0.5) is 8.78 Å². The van der Waals surface area contributed by atoms with Gasteiger partial charge in [-0.05, 0) is 24.3 Å². The average Bonchev–Trinajstić information content (AvgIpc) is 2.60. The van der Waals surface area contributed by atoms with Gasteiger partial charge in [-0.15, -0.1) is 0 Å². The zero-order valence-corrected chi connectivity index (χ0v) is 14.2. The molecule has 0 radical (unpaired) electrons. The molecule has 0 saturated carbocycles. The van der Waals surface area contributed by atoms with Gasteiger partial charge in [0.1, 0.15) is 17.2 Å². The highest BCUT2D eigenvalue weighted by Gasteiger charge is 2.15. The Morgan fingerprint density at radius 1 is 1.08 bits per heavy atom. The van der Waals surface area contributed by atoms with Crippen LogP contribution in [0.25, 0.3) is 6.08 Å². The van der Waals surface area contributed by atoms with Crippen LogP contribution in [-0.4, -0.2) is 26.6 Å². The van der Waals surface area contributed by atoms with E-state index in [0.29, 0.717) is 11.3 Å². The molecule has 0 heterocycles. The van der Waals surface area contributed by atoms with E-state index in [1.165, 1.54) is 44.6 Å². The number of ketones is 1. The Morgan fingerprint density at radius 3 is 2.40 bits per heavy atom. The number of para-hydroxylation sites is 1. The molecule has 0 unspecified atom stereocenters. The third kappa shape index (κ3) is 4.70. The third-order valence-corrected chi connectivity index (χ3v) is 3.58. The molecule has 0 fully saturated rings. The number of carbonyl (C=O) groups is 1. The van der Waals surface area contributed by atoms with Crippen molar-refractivity contribution in [2.75, 3.05) is 14.2 Å². The first-order valence-corrected chi connectivity index (χ1v) is 7.51. The van der Waals surface area contributed by atoms with Crippen molar-refractivity contribution in [2.24, 2.45) is 0 Å². The van der Waals surface area contributed by atoms with Crippen molar-refractivity contribution in [2.45, 2.75) is 6.61 Å². The number of allylic oxidation sites excluding steroid dienone is 1. The number of benzene rings is 2. The highest BCUT2D eigenvalue weighted by molar-refractivity contribution is 6.32. The zero-order chi connectivity index (χ0) is 18.4. The molecule has 0 aromatic heterocycles. The molecule has 0 saturated heterocycles. The van der Waals surface area contributed by atoms with E-state index in [9.17, 15) is 13.6 Å². The molecular formula is C18H15ClF2O4. The average molecular weight is 369 g/mol. The minimum atomic E-state index is -2.95. The molecule has 2 aromatic rings. The number of ether oxygens (including phenoxy) is 3. The van der Waals surface area contributed by atoms with Crippen LogP contribution in [0, 0.1) is 0 Å². The lowest BCUT2D eigenvalue weighted by molar-refractivity contribution is -0.0499. The first-order chi connectivity index (χ1) is 12.0. The second-order valence-electron chi connectivity index (χ2n) is 4.80. The van der Waals surface area contributed by atoms with Gasteiger partial charge in [-0.3, -0.25) is 4.79 Å². The molecule has 25 heavy (non-hydrogen) atoms.